The van der Waals surface area contributed by atoms with E-state index in [2.05, 4.69) is 0 Å². The van der Waals surface area contributed by atoms with Gasteiger partial charge in [0.1, 0.15) is 24.7 Å². The number of nitro benzene ring substituents is 1. The van der Waals surface area contributed by atoms with Crippen molar-refractivity contribution < 1.29 is 19.2 Å². The highest BCUT2D eigenvalue weighted by molar-refractivity contribution is 5.91. The Hall–Kier alpha value is -3.09. The Balaban J connectivity index is 1.60. The van der Waals surface area contributed by atoms with E-state index in [1.165, 1.54) is 6.07 Å². The largest absolute Gasteiger partial charge is 0.490 e. The van der Waals surface area contributed by atoms with Crippen molar-refractivity contribution in [2.45, 2.75) is 19.8 Å². The maximum Gasteiger partial charge on any atom is 0.338 e. The number of para-hydroxylation sites is 1. The van der Waals surface area contributed by atoms with Crippen LogP contribution in [0.25, 0.3) is 0 Å². The van der Waals surface area contributed by atoms with Crippen LogP contribution in [-0.4, -0.2) is 37.2 Å². The summed E-state index contributed by atoms with van der Waals surface area (Å²) in [6.07, 6.45) is 2.03. The van der Waals surface area contributed by atoms with Crippen molar-refractivity contribution in [2.75, 3.05) is 31.2 Å². The second-order valence-corrected chi connectivity index (χ2v) is 6.40. The molecule has 0 bridgehead atoms. The van der Waals surface area contributed by atoms with Crippen molar-refractivity contribution in [3.63, 3.8) is 0 Å². The molecule has 0 aliphatic carbocycles. The van der Waals surface area contributed by atoms with Crippen LogP contribution in [0.2, 0.25) is 0 Å². The van der Waals surface area contributed by atoms with Gasteiger partial charge in [0.15, 0.2) is 0 Å². The van der Waals surface area contributed by atoms with Crippen LogP contribution < -0.4 is 9.64 Å². The van der Waals surface area contributed by atoms with E-state index in [-0.39, 0.29) is 24.5 Å². The summed E-state index contributed by atoms with van der Waals surface area (Å²) < 4.78 is 10.8. The Morgan fingerprint density at radius 2 is 1.89 bits per heavy atom. The molecule has 142 valence electrons. The summed E-state index contributed by atoms with van der Waals surface area (Å²) in [4.78, 5) is 25.1. The Morgan fingerprint density at radius 3 is 2.59 bits per heavy atom. The van der Waals surface area contributed by atoms with Crippen LogP contribution >= 0.6 is 0 Å². The molecule has 0 unspecified atom stereocenters. The zero-order valence-electron chi connectivity index (χ0n) is 15.2. The van der Waals surface area contributed by atoms with Gasteiger partial charge in [-0.3, -0.25) is 10.1 Å². The lowest BCUT2D eigenvalue weighted by molar-refractivity contribution is -0.384. The first kappa shape index (κ1) is 18.7. The average Bonchev–Trinajstić information content (AvgIpc) is 3.20. The number of hydrogen-bond donors (Lipinski definition) is 0. The lowest BCUT2D eigenvalue weighted by Crippen LogP contribution is -2.19. The van der Waals surface area contributed by atoms with Crippen molar-refractivity contribution in [1.82, 2.24) is 0 Å². The fourth-order valence-corrected chi connectivity index (χ4v) is 3.11. The van der Waals surface area contributed by atoms with Gasteiger partial charge in [-0.1, -0.05) is 18.2 Å². The Bertz CT molecular complexity index is 831. The highest BCUT2D eigenvalue weighted by atomic mass is 16.6. The van der Waals surface area contributed by atoms with Gasteiger partial charge in [-0.2, -0.15) is 0 Å². The van der Waals surface area contributed by atoms with Gasteiger partial charge in [0.05, 0.1) is 10.5 Å². The number of benzene rings is 2. The maximum atomic E-state index is 12.2. The van der Waals surface area contributed by atoms with Crippen LogP contribution in [0.15, 0.2) is 42.5 Å². The van der Waals surface area contributed by atoms with E-state index in [1.807, 2.05) is 36.1 Å². The normalized spacial score (nSPS) is 13.4. The van der Waals surface area contributed by atoms with Gasteiger partial charge in [-0.15, -0.1) is 0 Å². The summed E-state index contributed by atoms with van der Waals surface area (Å²) in [6, 6.07) is 12.1. The third-order valence-electron chi connectivity index (χ3n) is 4.52. The molecule has 0 saturated carbocycles. The third kappa shape index (κ3) is 4.55. The van der Waals surface area contributed by atoms with E-state index >= 15 is 0 Å². The zero-order chi connectivity index (χ0) is 19.2. The predicted molar refractivity (Wildman–Crippen MR) is 101 cm³/mol. The molecule has 1 aliphatic rings. The van der Waals surface area contributed by atoms with E-state index in [0.717, 1.165) is 37.2 Å². The zero-order valence-corrected chi connectivity index (χ0v) is 15.2. The van der Waals surface area contributed by atoms with Crippen molar-refractivity contribution in [3.05, 3.63) is 63.7 Å². The van der Waals surface area contributed by atoms with Crippen LogP contribution in [0.4, 0.5) is 11.4 Å². The predicted octanol–water partition coefficient (Wildman–Crippen LogP) is 3.74. The number of carbonyl (C=O) groups excluding carboxylic acids is 1. The molecule has 0 amide bonds. The van der Waals surface area contributed by atoms with Gasteiger partial charge in [0, 0.05) is 19.2 Å². The molecule has 7 nitrogen and oxygen atoms in total. The summed E-state index contributed by atoms with van der Waals surface area (Å²) in [6.45, 7) is 3.80. The van der Waals surface area contributed by atoms with E-state index in [4.69, 9.17) is 9.47 Å². The van der Waals surface area contributed by atoms with Crippen molar-refractivity contribution in [1.29, 1.82) is 0 Å². The van der Waals surface area contributed by atoms with Crippen LogP contribution in [0.3, 0.4) is 0 Å². The minimum Gasteiger partial charge on any atom is -0.490 e. The van der Waals surface area contributed by atoms with Crippen LogP contribution in [0, 0.1) is 17.0 Å². The second-order valence-electron chi connectivity index (χ2n) is 6.40. The quantitative estimate of drug-likeness (QED) is 0.320. The van der Waals surface area contributed by atoms with Gasteiger partial charge >= 0.3 is 5.97 Å². The van der Waals surface area contributed by atoms with Crippen LogP contribution in [0.1, 0.15) is 28.8 Å². The highest BCUT2D eigenvalue weighted by Crippen LogP contribution is 2.31. The van der Waals surface area contributed by atoms with E-state index in [9.17, 15) is 14.9 Å². The first-order valence-corrected chi connectivity index (χ1v) is 8.95. The maximum absolute atomic E-state index is 12.2. The topological polar surface area (TPSA) is 81.9 Å². The van der Waals surface area contributed by atoms with Gasteiger partial charge in [0.2, 0.25) is 0 Å². The molecular weight excluding hydrogens is 348 g/mol. The standard InChI is InChI=1S/C20H22N2O5/c1-15-6-2-3-7-19(15)26-12-13-27-20(23)16-8-9-17(18(14-16)22(24)25)21-10-4-5-11-21/h2-3,6-9,14H,4-5,10-13H2,1H3. The second kappa shape index (κ2) is 8.53. The number of aryl methyl sites for hydroxylation is 1. The van der Waals surface area contributed by atoms with Gasteiger partial charge in [-0.25, -0.2) is 4.79 Å². The van der Waals surface area contributed by atoms with E-state index in [0.29, 0.717) is 5.69 Å². The lowest BCUT2D eigenvalue weighted by Gasteiger charge is -2.17. The summed E-state index contributed by atoms with van der Waals surface area (Å²) in [7, 11) is 0. The Kier molecular flexibility index (Phi) is 5.90. The van der Waals surface area contributed by atoms with E-state index in [1.54, 1.807) is 12.1 Å². The molecule has 0 aromatic heterocycles. The molecule has 3 rings (SSSR count). The Labute approximate surface area is 157 Å². The number of hydrogen-bond acceptors (Lipinski definition) is 6. The molecule has 0 atom stereocenters. The molecule has 27 heavy (non-hydrogen) atoms. The minimum absolute atomic E-state index is 0.0643. The number of rotatable bonds is 7. The summed E-state index contributed by atoms with van der Waals surface area (Å²) in [5, 5.41) is 11.4. The highest BCUT2D eigenvalue weighted by Gasteiger charge is 2.24. The monoisotopic (exact) mass is 370 g/mol. The first-order valence-electron chi connectivity index (χ1n) is 8.95. The first-order chi connectivity index (χ1) is 13.1. The molecule has 7 heteroatoms. The number of carbonyl (C=O) groups is 1. The number of nitro groups is 1. The lowest BCUT2D eigenvalue weighted by atomic mass is 10.1. The molecule has 1 aliphatic heterocycles. The molecule has 2 aromatic rings. The van der Waals surface area contributed by atoms with Gasteiger partial charge in [0.25, 0.3) is 5.69 Å². The van der Waals surface area contributed by atoms with Crippen molar-refractivity contribution in [2.24, 2.45) is 0 Å². The Morgan fingerprint density at radius 1 is 1.15 bits per heavy atom. The number of ether oxygens (including phenoxy) is 2. The van der Waals surface area contributed by atoms with Crippen molar-refractivity contribution in [3.8, 4) is 5.75 Å². The third-order valence-corrected chi connectivity index (χ3v) is 4.52. The summed E-state index contributed by atoms with van der Waals surface area (Å²) >= 11 is 0. The molecular formula is C20H22N2O5. The van der Waals surface area contributed by atoms with E-state index < -0.39 is 10.9 Å². The summed E-state index contributed by atoms with van der Waals surface area (Å²) in [5.41, 5.74) is 1.65. The van der Waals surface area contributed by atoms with Gasteiger partial charge in [-0.05, 0) is 43.5 Å². The molecule has 0 N–H and O–H groups in total. The SMILES string of the molecule is Cc1ccccc1OCCOC(=O)c1ccc(N2CCCC2)c([N+](=O)[O-])c1. The van der Waals surface area contributed by atoms with Crippen LogP contribution in [0.5, 0.6) is 5.75 Å². The van der Waals surface area contributed by atoms with Gasteiger partial charge < -0.3 is 14.4 Å². The fraction of sp³-hybridized carbons (Fsp3) is 0.350. The molecule has 2 aromatic carbocycles. The molecule has 0 spiro atoms. The smallest absolute Gasteiger partial charge is 0.338 e. The number of anilines is 1. The minimum atomic E-state index is -0.598. The molecule has 1 fully saturated rings. The molecule has 1 saturated heterocycles. The fourth-order valence-electron chi connectivity index (χ4n) is 3.11. The molecule has 1 heterocycles. The molecule has 0 radical (unpaired) electrons. The number of nitrogens with zero attached hydrogens (tertiary/aromatic N) is 2. The average molecular weight is 370 g/mol. The van der Waals surface area contributed by atoms with Crippen LogP contribution in [-0.2, 0) is 4.74 Å². The number of esters is 1. The summed E-state index contributed by atoms with van der Waals surface area (Å²) in [5.74, 6) is 0.138. The van der Waals surface area contributed by atoms with Crippen molar-refractivity contribution >= 4 is 17.3 Å².